The van der Waals surface area contributed by atoms with Crippen molar-refractivity contribution in [2.45, 2.75) is 27.7 Å². The monoisotopic (exact) mass is 369 g/mol. The third-order valence-corrected chi connectivity index (χ3v) is 4.00. The van der Waals surface area contributed by atoms with Crippen LogP contribution in [0.4, 0.5) is 5.82 Å². The van der Waals surface area contributed by atoms with Gasteiger partial charge in [0.2, 0.25) is 0 Å². The van der Waals surface area contributed by atoms with Crippen LogP contribution in [0.1, 0.15) is 38.1 Å². The molecule has 138 valence electrons. The van der Waals surface area contributed by atoms with Gasteiger partial charge in [-0.05, 0) is 39.8 Å². The average molecular weight is 370 g/mol. The summed E-state index contributed by atoms with van der Waals surface area (Å²) in [6.07, 6.45) is 0. The normalized spacial score (nSPS) is 15.8. The summed E-state index contributed by atoms with van der Waals surface area (Å²) in [4.78, 5) is 35.4. The maximum absolute atomic E-state index is 11.9. The number of hydrogen-bond acceptors (Lipinski definition) is 7. The Hall–Kier alpha value is -1.86. The van der Waals surface area contributed by atoms with Gasteiger partial charge in [0, 0.05) is 13.1 Å². The van der Waals surface area contributed by atoms with Crippen molar-refractivity contribution in [3.05, 3.63) is 22.8 Å². The third kappa shape index (κ3) is 5.06. The lowest BCUT2D eigenvalue weighted by Crippen LogP contribution is -2.48. The van der Waals surface area contributed by atoms with E-state index in [0.29, 0.717) is 32.0 Å². The van der Waals surface area contributed by atoms with Crippen molar-refractivity contribution < 1.29 is 19.2 Å². The fraction of sp³-hybridized carbons (Fsp3) is 0.588. The molecule has 0 aromatic carbocycles. The van der Waals surface area contributed by atoms with Crippen LogP contribution in [0.2, 0.25) is 5.15 Å². The number of esters is 1. The van der Waals surface area contributed by atoms with E-state index in [1.54, 1.807) is 24.1 Å². The minimum Gasteiger partial charge on any atom is -0.462 e. The molecule has 0 bridgehead atoms. The molecular weight excluding hydrogens is 346 g/mol. The molecule has 25 heavy (non-hydrogen) atoms. The molecule has 0 unspecified atom stereocenters. The van der Waals surface area contributed by atoms with Crippen LogP contribution >= 0.6 is 11.6 Å². The van der Waals surface area contributed by atoms with Crippen LogP contribution in [0, 0.1) is 5.41 Å². The van der Waals surface area contributed by atoms with Crippen molar-refractivity contribution in [2.24, 2.45) is 5.41 Å². The number of pyridine rings is 1. The van der Waals surface area contributed by atoms with E-state index in [-0.39, 0.29) is 23.3 Å². The zero-order valence-electron chi connectivity index (χ0n) is 15.0. The highest BCUT2D eigenvalue weighted by molar-refractivity contribution is 6.32. The number of hydroxylamine groups is 2. The van der Waals surface area contributed by atoms with Crippen molar-refractivity contribution >= 4 is 29.4 Å². The standard InChI is InChI=1S/C17H24ClN3O4/c1-5-24-15(22)12-6-7-13(19-14(12)18)20-8-10-21(11-9-20)25-16(23)17(2,3)4/h6-7H,5,8-11H2,1-4H3. The number of hydrogen-bond donors (Lipinski definition) is 0. The molecule has 1 aliphatic rings. The van der Waals surface area contributed by atoms with Gasteiger partial charge in [0.1, 0.15) is 11.0 Å². The van der Waals surface area contributed by atoms with Crippen molar-refractivity contribution in [1.29, 1.82) is 0 Å². The minimum absolute atomic E-state index is 0.123. The van der Waals surface area contributed by atoms with Gasteiger partial charge in [-0.25, -0.2) is 14.6 Å². The second-order valence-corrected chi connectivity index (χ2v) is 7.13. The Bertz CT molecular complexity index is 637. The van der Waals surface area contributed by atoms with E-state index >= 15 is 0 Å². The fourth-order valence-electron chi connectivity index (χ4n) is 2.22. The van der Waals surface area contributed by atoms with Gasteiger partial charge >= 0.3 is 11.9 Å². The van der Waals surface area contributed by atoms with E-state index in [1.807, 2.05) is 25.7 Å². The Balaban J connectivity index is 1.96. The molecular formula is C17H24ClN3O4. The highest BCUT2D eigenvalue weighted by Crippen LogP contribution is 2.22. The second-order valence-electron chi connectivity index (χ2n) is 6.77. The largest absolute Gasteiger partial charge is 0.462 e. The van der Waals surface area contributed by atoms with Crippen LogP contribution in [-0.4, -0.2) is 54.8 Å². The van der Waals surface area contributed by atoms with Gasteiger partial charge in [-0.1, -0.05) is 11.6 Å². The van der Waals surface area contributed by atoms with Crippen LogP contribution in [0.3, 0.4) is 0 Å². The van der Waals surface area contributed by atoms with Gasteiger partial charge in [0.05, 0.1) is 30.7 Å². The number of ether oxygens (including phenoxy) is 1. The molecule has 0 atom stereocenters. The van der Waals surface area contributed by atoms with Crippen molar-refractivity contribution in [2.75, 3.05) is 37.7 Å². The van der Waals surface area contributed by atoms with Gasteiger partial charge in [-0.15, -0.1) is 5.06 Å². The minimum atomic E-state index is -0.533. The van der Waals surface area contributed by atoms with Crippen LogP contribution in [0.25, 0.3) is 0 Å². The predicted molar refractivity (Wildman–Crippen MR) is 94.5 cm³/mol. The zero-order chi connectivity index (χ0) is 18.6. The molecule has 7 nitrogen and oxygen atoms in total. The molecule has 2 heterocycles. The first-order chi connectivity index (χ1) is 11.7. The van der Waals surface area contributed by atoms with E-state index in [1.165, 1.54) is 0 Å². The first kappa shape index (κ1) is 19.5. The molecule has 1 aliphatic heterocycles. The Morgan fingerprint density at radius 1 is 1.20 bits per heavy atom. The molecule has 0 N–H and O–H groups in total. The first-order valence-corrected chi connectivity index (χ1v) is 8.66. The Kier molecular flexibility index (Phi) is 6.24. The summed E-state index contributed by atoms with van der Waals surface area (Å²) in [5.74, 6) is -0.0498. The number of halogens is 1. The van der Waals surface area contributed by atoms with Crippen molar-refractivity contribution in [3.63, 3.8) is 0 Å². The van der Waals surface area contributed by atoms with Gasteiger partial charge < -0.3 is 14.5 Å². The number of carbonyl (C=O) groups is 2. The predicted octanol–water partition coefficient (Wildman–Crippen LogP) is 2.54. The summed E-state index contributed by atoms with van der Waals surface area (Å²) in [6.45, 7) is 9.90. The van der Waals surface area contributed by atoms with Crippen LogP contribution in [0.5, 0.6) is 0 Å². The Labute approximate surface area is 152 Å². The quantitative estimate of drug-likeness (QED) is 0.596. The smallest absolute Gasteiger partial charge is 0.341 e. The first-order valence-electron chi connectivity index (χ1n) is 8.28. The fourth-order valence-corrected chi connectivity index (χ4v) is 2.45. The maximum atomic E-state index is 11.9. The second kappa shape index (κ2) is 8.01. The van der Waals surface area contributed by atoms with Crippen LogP contribution in [-0.2, 0) is 14.4 Å². The molecule has 1 aromatic heterocycles. The summed E-state index contributed by atoms with van der Waals surface area (Å²) in [7, 11) is 0. The van der Waals surface area contributed by atoms with E-state index < -0.39 is 11.4 Å². The molecule has 2 rings (SSSR count). The van der Waals surface area contributed by atoms with Gasteiger partial charge in [0.25, 0.3) is 0 Å². The molecule has 0 amide bonds. The Morgan fingerprint density at radius 2 is 1.84 bits per heavy atom. The number of nitrogens with zero attached hydrogens (tertiary/aromatic N) is 3. The van der Waals surface area contributed by atoms with E-state index in [0.717, 1.165) is 0 Å². The highest BCUT2D eigenvalue weighted by Gasteiger charge is 2.28. The molecule has 1 saturated heterocycles. The molecule has 0 aliphatic carbocycles. The summed E-state index contributed by atoms with van der Waals surface area (Å²) < 4.78 is 4.94. The summed E-state index contributed by atoms with van der Waals surface area (Å²) in [5, 5.41) is 1.79. The molecule has 0 spiro atoms. The maximum Gasteiger partial charge on any atom is 0.341 e. The molecule has 1 aromatic rings. The van der Waals surface area contributed by atoms with E-state index in [9.17, 15) is 9.59 Å². The van der Waals surface area contributed by atoms with Crippen LogP contribution in [0.15, 0.2) is 12.1 Å². The molecule has 0 saturated carbocycles. The molecule has 8 heteroatoms. The van der Waals surface area contributed by atoms with Crippen molar-refractivity contribution in [3.8, 4) is 0 Å². The summed E-state index contributed by atoms with van der Waals surface area (Å²) >= 11 is 6.11. The highest BCUT2D eigenvalue weighted by atomic mass is 35.5. The van der Waals surface area contributed by atoms with E-state index in [2.05, 4.69) is 4.98 Å². The summed E-state index contributed by atoms with van der Waals surface area (Å²) in [5.41, 5.74) is -0.278. The number of piperazine rings is 1. The van der Waals surface area contributed by atoms with Crippen molar-refractivity contribution in [1.82, 2.24) is 10.0 Å². The SMILES string of the molecule is CCOC(=O)c1ccc(N2CCN(OC(=O)C(C)(C)C)CC2)nc1Cl. The molecule has 0 radical (unpaired) electrons. The van der Waals surface area contributed by atoms with Gasteiger partial charge in [-0.3, -0.25) is 0 Å². The zero-order valence-corrected chi connectivity index (χ0v) is 15.8. The van der Waals surface area contributed by atoms with Crippen LogP contribution < -0.4 is 4.90 Å². The summed E-state index contributed by atoms with van der Waals surface area (Å²) in [6, 6.07) is 3.36. The Morgan fingerprint density at radius 3 is 2.36 bits per heavy atom. The lowest BCUT2D eigenvalue weighted by molar-refractivity contribution is -0.201. The van der Waals surface area contributed by atoms with Gasteiger partial charge in [0.15, 0.2) is 0 Å². The number of anilines is 1. The van der Waals surface area contributed by atoms with E-state index in [4.69, 9.17) is 21.2 Å². The lowest BCUT2D eigenvalue weighted by atomic mass is 9.98. The lowest BCUT2D eigenvalue weighted by Gasteiger charge is -2.35. The third-order valence-electron chi connectivity index (χ3n) is 3.72. The van der Waals surface area contributed by atoms with Gasteiger partial charge in [-0.2, -0.15) is 0 Å². The number of carbonyl (C=O) groups excluding carboxylic acids is 2. The number of rotatable bonds is 4. The average Bonchev–Trinajstić information content (AvgIpc) is 2.54. The molecule has 1 fully saturated rings. The number of aromatic nitrogens is 1. The topological polar surface area (TPSA) is 72.0 Å².